The van der Waals surface area contributed by atoms with Gasteiger partial charge in [0.15, 0.2) is 9.84 Å². The molecule has 0 aromatic carbocycles. The SMILES string of the molecule is COc1ccnc(OCCC2(C(=O)O)CC=C(C3=CCC4(C)C(CCC5(C)C4CCC4[C@H]6CCCC6(NCCN6CCS(=O)(=O)CC6)CC[C@]45C)C3(C)C)CC2)n1. The third-order valence-electron chi connectivity index (χ3n) is 18.3. The van der Waals surface area contributed by atoms with Crippen LogP contribution in [-0.2, 0) is 14.6 Å². The second kappa shape index (κ2) is 14.9. The van der Waals surface area contributed by atoms with Crippen molar-refractivity contribution < 1.29 is 27.8 Å². The molecule has 1 aromatic rings. The van der Waals surface area contributed by atoms with Crippen molar-refractivity contribution in [2.75, 3.05) is 51.4 Å². The number of ether oxygens (including phenoxy) is 2. The molecule has 5 fully saturated rings. The minimum Gasteiger partial charge on any atom is -0.481 e. The van der Waals surface area contributed by atoms with Crippen LogP contribution in [0.4, 0.5) is 0 Å². The average Bonchev–Trinajstić information content (AvgIpc) is 3.60. The van der Waals surface area contributed by atoms with E-state index in [0.29, 0.717) is 72.4 Å². The summed E-state index contributed by atoms with van der Waals surface area (Å²) in [7, 11) is -1.30. The second-order valence-electron chi connectivity index (χ2n) is 20.8. The van der Waals surface area contributed by atoms with E-state index in [9.17, 15) is 18.3 Å². The summed E-state index contributed by atoms with van der Waals surface area (Å²) >= 11 is 0. The zero-order valence-corrected chi connectivity index (χ0v) is 36.5. The maximum Gasteiger partial charge on any atom is 0.319 e. The molecule has 316 valence electrons. The normalized spacial score (nSPS) is 41.0. The van der Waals surface area contributed by atoms with Crippen LogP contribution in [-0.4, -0.2) is 91.3 Å². The van der Waals surface area contributed by atoms with E-state index in [-0.39, 0.29) is 29.0 Å². The molecule has 1 saturated heterocycles. The van der Waals surface area contributed by atoms with Crippen LogP contribution >= 0.6 is 0 Å². The lowest BCUT2D eigenvalue weighted by Crippen LogP contribution is -2.67. The number of hydrogen-bond acceptors (Lipinski definition) is 9. The standard InChI is InChI=1S/C46H70N4O6S/c1-41(2)33(32-11-19-45(20-12-32,39(51)52)23-29-56-40-47-24-15-38(49-40)55-6)13-17-42(3)36(41)14-18-44(5)37(42)10-9-34-35-8-7-16-46(35,22-21-43(34,44)4)48-25-26-50-27-30-57(53,54)31-28-50/h11,13,15,24,34-37,48H,7-10,12,14,16-23,25-31H2,1-6H3,(H,51,52)/t34?,35-,36?,37?,42?,43-,44?,45?,46?/m1/s1. The van der Waals surface area contributed by atoms with E-state index in [4.69, 9.17) is 9.47 Å². The molecule has 0 radical (unpaired) electrons. The highest BCUT2D eigenvalue weighted by Gasteiger charge is 2.69. The van der Waals surface area contributed by atoms with Crippen LogP contribution in [0.3, 0.4) is 0 Å². The Kier molecular flexibility index (Phi) is 10.8. The van der Waals surface area contributed by atoms with E-state index in [1.54, 1.807) is 19.4 Å². The van der Waals surface area contributed by atoms with Crippen molar-refractivity contribution in [2.45, 2.75) is 130 Å². The Labute approximate surface area is 342 Å². The van der Waals surface area contributed by atoms with Crippen molar-refractivity contribution in [2.24, 2.45) is 50.7 Å². The van der Waals surface area contributed by atoms with Crippen molar-refractivity contribution in [1.82, 2.24) is 20.2 Å². The summed E-state index contributed by atoms with van der Waals surface area (Å²) < 4.78 is 35.0. The van der Waals surface area contributed by atoms with E-state index in [1.807, 2.05) is 0 Å². The Morgan fingerprint density at radius 1 is 0.930 bits per heavy atom. The van der Waals surface area contributed by atoms with Gasteiger partial charge in [-0.05, 0) is 140 Å². The van der Waals surface area contributed by atoms with E-state index in [1.165, 1.54) is 68.9 Å². The third-order valence-corrected chi connectivity index (χ3v) is 19.9. The molecule has 1 aromatic heterocycles. The van der Waals surface area contributed by atoms with Gasteiger partial charge in [-0.15, -0.1) is 0 Å². The van der Waals surface area contributed by atoms with Gasteiger partial charge in [0.05, 0.1) is 30.6 Å². The molecule has 2 N–H and O–H groups in total. The smallest absolute Gasteiger partial charge is 0.319 e. The quantitative estimate of drug-likeness (QED) is 0.228. The molecule has 7 unspecified atom stereocenters. The van der Waals surface area contributed by atoms with Crippen LogP contribution < -0.4 is 14.8 Å². The lowest BCUT2D eigenvalue weighted by molar-refractivity contribution is -0.218. The Morgan fingerprint density at radius 3 is 2.44 bits per heavy atom. The maximum absolute atomic E-state index is 12.8. The fourth-order valence-electron chi connectivity index (χ4n) is 15.0. The molecular weight excluding hydrogens is 737 g/mol. The van der Waals surface area contributed by atoms with Crippen molar-refractivity contribution in [3.05, 3.63) is 35.6 Å². The van der Waals surface area contributed by atoms with E-state index in [2.05, 4.69) is 67.0 Å². The van der Waals surface area contributed by atoms with Gasteiger partial charge in [-0.3, -0.25) is 4.79 Å². The summed E-state index contributed by atoms with van der Waals surface area (Å²) in [5, 5.41) is 14.7. The first-order chi connectivity index (χ1) is 27.0. The number of rotatable bonds is 11. The molecule has 8 rings (SSSR count). The van der Waals surface area contributed by atoms with Gasteiger partial charge in [-0.1, -0.05) is 53.2 Å². The number of nitrogens with zero attached hydrogens (tertiary/aromatic N) is 3. The minimum absolute atomic E-state index is 0.0175. The molecule has 9 atom stereocenters. The summed E-state index contributed by atoms with van der Waals surface area (Å²) in [6, 6.07) is 1.87. The zero-order chi connectivity index (χ0) is 40.5. The van der Waals surface area contributed by atoms with E-state index in [0.717, 1.165) is 37.8 Å². The number of allylic oxidation sites excluding steroid dienone is 4. The number of nitrogens with one attached hydrogen (secondary N) is 1. The number of carboxylic acid groups (broad SMARTS) is 1. The number of carbonyl (C=O) groups is 1. The molecule has 11 heteroatoms. The summed E-state index contributed by atoms with van der Waals surface area (Å²) in [6.07, 6.45) is 21.6. The van der Waals surface area contributed by atoms with Gasteiger partial charge in [0.1, 0.15) is 0 Å². The number of aliphatic carboxylic acids is 1. The van der Waals surface area contributed by atoms with Gasteiger partial charge >= 0.3 is 12.0 Å². The predicted octanol–water partition coefficient (Wildman–Crippen LogP) is 7.90. The lowest BCUT2D eigenvalue weighted by atomic mass is 9.33. The second-order valence-corrected chi connectivity index (χ2v) is 23.1. The summed E-state index contributed by atoms with van der Waals surface area (Å²) in [4.78, 5) is 23.5. The molecule has 6 aliphatic carbocycles. The number of aromatic nitrogens is 2. The fraction of sp³-hybridized carbons (Fsp3) is 0.804. The highest BCUT2D eigenvalue weighted by molar-refractivity contribution is 7.91. The molecular formula is C46H70N4O6S. The predicted molar refractivity (Wildman–Crippen MR) is 223 cm³/mol. The van der Waals surface area contributed by atoms with Crippen molar-refractivity contribution >= 4 is 15.8 Å². The highest BCUT2D eigenvalue weighted by atomic mass is 32.2. The van der Waals surface area contributed by atoms with Gasteiger partial charge in [0, 0.05) is 44.0 Å². The third kappa shape index (κ3) is 6.89. The Balaban J connectivity index is 0.953. The fourth-order valence-corrected chi connectivity index (χ4v) is 16.3. The van der Waals surface area contributed by atoms with Crippen molar-refractivity contribution in [3.8, 4) is 11.9 Å². The topological polar surface area (TPSA) is 131 Å². The van der Waals surface area contributed by atoms with Gasteiger partial charge in [0.25, 0.3) is 0 Å². The summed E-state index contributed by atoms with van der Waals surface area (Å²) in [5.74, 6) is 3.04. The Hall–Kier alpha value is -2.50. The zero-order valence-electron chi connectivity index (χ0n) is 35.7. The van der Waals surface area contributed by atoms with E-state index >= 15 is 0 Å². The van der Waals surface area contributed by atoms with Crippen LogP contribution in [0.1, 0.15) is 125 Å². The molecule has 1 aliphatic heterocycles. The summed E-state index contributed by atoms with van der Waals surface area (Å²) in [6.45, 7) is 16.6. The summed E-state index contributed by atoms with van der Waals surface area (Å²) in [5.41, 5.74) is 3.10. The van der Waals surface area contributed by atoms with Crippen LogP contribution in [0.25, 0.3) is 0 Å². The first-order valence-electron chi connectivity index (χ1n) is 22.3. The van der Waals surface area contributed by atoms with Gasteiger partial charge in [0.2, 0.25) is 5.88 Å². The minimum atomic E-state index is -2.85. The van der Waals surface area contributed by atoms with Gasteiger partial charge < -0.3 is 24.8 Å². The van der Waals surface area contributed by atoms with E-state index < -0.39 is 21.2 Å². The molecule has 7 aliphatic rings. The number of fused-ring (bicyclic) bond motifs is 7. The monoisotopic (exact) mass is 807 g/mol. The van der Waals surface area contributed by atoms with Crippen LogP contribution in [0.5, 0.6) is 11.9 Å². The Bertz CT molecular complexity index is 1870. The number of methoxy groups -OCH3 is 1. The maximum atomic E-state index is 12.8. The van der Waals surface area contributed by atoms with Gasteiger partial charge in [-0.25, -0.2) is 13.4 Å². The van der Waals surface area contributed by atoms with Crippen LogP contribution in [0, 0.1) is 50.7 Å². The molecule has 57 heavy (non-hydrogen) atoms. The lowest BCUT2D eigenvalue weighted by Gasteiger charge is -2.72. The molecule has 0 spiro atoms. The molecule has 0 bridgehead atoms. The van der Waals surface area contributed by atoms with Gasteiger partial charge in [-0.2, -0.15) is 4.98 Å². The molecule has 2 heterocycles. The number of sulfone groups is 1. The molecule has 4 saturated carbocycles. The molecule has 10 nitrogen and oxygen atoms in total. The largest absolute Gasteiger partial charge is 0.481 e. The number of carboxylic acids is 1. The highest BCUT2D eigenvalue weighted by Crippen LogP contribution is 2.76. The first-order valence-corrected chi connectivity index (χ1v) is 24.1. The van der Waals surface area contributed by atoms with Crippen molar-refractivity contribution in [3.63, 3.8) is 0 Å². The molecule has 0 amide bonds. The Morgan fingerprint density at radius 2 is 1.72 bits per heavy atom. The first kappa shape index (κ1) is 41.2. The van der Waals surface area contributed by atoms with Crippen molar-refractivity contribution in [1.29, 1.82) is 0 Å². The number of hydrogen-bond donors (Lipinski definition) is 2. The van der Waals surface area contributed by atoms with Crippen LogP contribution in [0.2, 0.25) is 0 Å². The average molecular weight is 807 g/mol. The van der Waals surface area contributed by atoms with Crippen LogP contribution in [0.15, 0.2) is 35.6 Å².